The molecule has 268 valence electrons. The van der Waals surface area contributed by atoms with Crippen LogP contribution in [-0.2, 0) is 16.2 Å². The number of nitrogens with zero attached hydrogens (tertiary/aromatic N) is 2. The van der Waals surface area contributed by atoms with E-state index in [1.807, 2.05) is 0 Å². The summed E-state index contributed by atoms with van der Waals surface area (Å²) in [6.07, 6.45) is 2.33. The summed E-state index contributed by atoms with van der Waals surface area (Å²) in [6, 6.07) is 40.6. The SMILES string of the molecule is Cc1cc2c(cc1N1c3cc4oc5ccccc5c4c4c3B(c3c1oc1ccccc31)N1c3ccccc3C(C)(C)c3cccc-4c31)C(C)(C)CCC2(C)C. The lowest BCUT2D eigenvalue weighted by atomic mass is 9.42. The second kappa shape index (κ2) is 10.1. The number of aryl methyl sites for hydroxylation is 1. The Morgan fingerprint density at radius 1 is 0.564 bits per heavy atom. The molecule has 5 heteroatoms. The highest BCUT2D eigenvalue weighted by molar-refractivity contribution is 6.95. The molecule has 0 saturated heterocycles. The van der Waals surface area contributed by atoms with E-state index < -0.39 is 0 Å². The lowest BCUT2D eigenvalue weighted by molar-refractivity contribution is 0.332. The Hall–Kier alpha value is -5.68. The maximum absolute atomic E-state index is 7.20. The number of fused-ring (bicyclic) bond motifs is 13. The molecule has 1 aliphatic carbocycles. The van der Waals surface area contributed by atoms with Crippen molar-refractivity contribution in [2.75, 3.05) is 9.71 Å². The lowest BCUT2D eigenvalue weighted by Gasteiger charge is -2.50. The van der Waals surface area contributed by atoms with Crippen molar-refractivity contribution in [3.8, 4) is 11.1 Å². The van der Waals surface area contributed by atoms with E-state index in [2.05, 4.69) is 167 Å². The highest BCUT2D eigenvalue weighted by atomic mass is 16.4. The maximum Gasteiger partial charge on any atom is 0.337 e. The van der Waals surface area contributed by atoms with Gasteiger partial charge in [-0.3, -0.25) is 4.90 Å². The molecule has 0 spiro atoms. The molecule has 0 bridgehead atoms. The molecule has 6 aromatic carbocycles. The van der Waals surface area contributed by atoms with Crippen LogP contribution >= 0.6 is 0 Å². The van der Waals surface area contributed by atoms with Crippen LogP contribution < -0.4 is 20.6 Å². The van der Waals surface area contributed by atoms with Crippen molar-refractivity contribution >= 4 is 79.3 Å². The summed E-state index contributed by atoms with van der Waals surface area (Å²) < 4.78 is 14.1. The van der Waals surface area contributed by atoms with Gasteiger partial charge < -0.3 is 13.6 Å². The van der Waals surface area contributed by atoms with Crippen LogP contribution in [0.25, 0.3) is 44.0 Å². The van der Waals surface area contributed by atoms with Crippen LogP contribution in [0.15, 0.2) is 118 Å². The van der Waals surface area contributed by atoms with Crippen LogP contribution in [-0.4, -0.2) is 6.85 Å². The summed E-state index contributed by atoms with van der Waals surface area (Å²) in [5, 5.41) is 3.49. The summed E-state index contributed by atoms with van der Waals surface area (Å²) in [7, 11) is 0. The molecular weight excluding hydrogens is 671 g/mol. The van der Waals surface area contributed by atoms with Crippen molar-refractivity contribution in [1.29, 1.82) is 0 Å². The summed E-state index contributed by atoms with van der Waals surface area (Å²) in [6.45, 7) is 16.6. The first-order chi connectivity index (χ1) is 26.5. The maximum atomic E-state index is 7.20. The monoisotopic (exact) mass is 714 g/mol. The third kappa shape index (κ3) is 3.84. The van der Waals surface area contributed by atoms with E-state index in [0.29, 0.717) is 0 Å². The Bertz CT molecular complexity index is 3010. The Morgan fingerprint density at radius 3 is 2.00 bits per heavy atom. The fourth-order valence-electron chi connectivity index (χ4n) is 11.1. The molecule has 3 aliphatic heterocycles. The summed E-state index contributed by atoms with van der Waals surface area (Å²) in [5.41, 5.74) is 19.4. The number of benzene rings is 6. The van der Waals surface area contributed by atoms with Crippen molar-refractivity contribution in [3.05, 3.63) is 137 Å². The zero-order valence-electron chi connectivity index (χ0n) is 32.6. The van der Waals surface area contributed by atoms with Gasteiger partial charge in [-0.05, 0) is 93.7 Å². The third-order valence-electron chi connectivity index (χ3n) is 14.0. The second-order valence-electron chi connectivity index (χ2n) is 18.4. The minimum atomic E-state index is -0.200. The summed E-state index contributed by atoms with van der Waals surface area (Å²) in [5.74, 6) is 0.888. The number of rotatable bonds is 1. The van der Waals surface area contributed by atoms with Crippen LogP contribution in [0.1, 0.15) is 82.2 Å². The van der Waals surface area contributed by atoms with Gasteiger partial charge in [0, 0.05) is 50.0 Å². The molecule has 0 amide bonds. The van der Waals surface area contributed by atoms with Crippen LogP contribution in [0.5, 0.6) is 0 Å². The van der Waals surface area contributed by atoms with Crippen molar-refractivity contribution in [3.63, 3.8) is 0 Å². The number of anilines is 5. The molecule has 0 fully saturated rings. The first kappa shape index (κ1) is 31.7. The highest BCUT2D eigenvalue weighted by Gasteiger charge is 2.53. The Labute approximate surface area is 322 Å². The van der Waals surface area contributed by atoms with Gasteiger partial charge >= 0.3 is 6.85 Å². The smallest absolute Gasteiger partial charge is 0.337 e. The van der Waals surface area contributed by atoms with Crippen LogP contribution in [0.3, 0.4) is 0 Å². The first-order valence-electron chi connectivity index (χ1n) is 19.9. The van der Waals surface area contributed by atoms with Gasteiger partial charge in [-0.2, -0.15) is 0 Å². The van der Waals surface area contributed by atoms with E-state index in [-0.39, 0.29) is 23.1 Å². The van der Waals surface area contributed by atoms with Crippen molar-refractivity contribution in [1.82, 2.24) is 0 Å². The molecule has 5 heterocycles. The zero-order chi connectivity index (χ0) is 37.3. The predicted molar refractivity (Wildman–Crippen MR) is 229 cm³/mol. The minimum absolute atomic E-state index is 0.0457. The van der Waals surface area contributed by atoms with Gasteiger partial charge in [-0.15, -0.1) is 0 Å². The molecule has 8 aromatic rings. The average molecular weight is 715 g/mol. The van der Waals surface area contributed by atoms with E-state index in [0.717, 1.165) is 45.5 Å². The molecule has 0 saturated carbocycles. The molecule has 4 aliphatic rings. The van der Waals surface area contributed by atoms with E-state index in [1.165, 1.54) is 78.7 Å². The molecular formula is C50H43BN2O2. The largest absolute Gasteiger partial charge is 0.456 e. The fourth-order valence-corrected chi connectivity index (χ4v) is 11.1. The Morgan fingerprint density at radius 2 is 1.22 bits per heavy atom. The van der Waals surface area contributed by atoms with E-state index >= 15 is 0 Å². The van der Waals surface area contributed by atoms with Crippen molar-refractivity contribution in [2.24, 2.45) is 0 Å². The van der Waals surface area contributed by atoms with E-state index in [9.17, 15) is 0 Å². The standard InChI is InChI=1S/C50H43BN2O2/c1-28-25-34-35(49(4,5)24-23-48(34,2)3)26-37(28)52-38-27-41-42(29-15-8-12-21-39(29)54-41)43-31-17-14-19-33-46(31)53(36-20-11-10-18-32(36)50(33,6)7)51(45(38)43)44-30-16-9-13-22-40(30)55-47(44)52/h8-22,25-27H,23-24H2,1-7H3. The Balaban J connectivity index is 1.29. The number of hydrogen-bond donors (Lipinski definition) is 0. The van der Waals surface area contributed by atoms with Gasteiger partial charge in [0.1, 0.15) is 16.7 Å². The fraction of sp³-hybridized carbons (Fsp3) is 0.240. The Kier molecular flexibility index (Phi) is 5.83. The highest BCUT2D eigenvalue weighted by Crippen LogP contribution is 2.58. The minimum Gasteiger partial charge on any atom is -0.456 e. The van der Waals surface area contributed by atoms with Gasteiger partial charge in [0.2, 0.25) is 5.88 Å². The molecule has 0 atom stereocenters. The molecule has 55 heavy (non-hydrogen) atoms. The third-order valence-corrected chi connectivity index (χ3v) is 14.0. The van der Waals surface area contributed by atoms with Crippen LogP contribution in [0.2, 0.25) is 0 Å². The second-order valence-corrected chi connectivity index (χ2v) is 18.4. The molecule has 0 unspecified atom stereocenters. The first-order valence-corrected chi connectivity index (χ1v) is 19.9. The lowest BCUT2D eigenvalue weighted by Crippen LogP contribution is -2.62. The van der Waals surface area contributed by atoms with Gasteiger partial charge in [0.25, 0.3) is 0 Å². The topological polar surface area (TPSA) is 32.8 Å². The zero-order valence-corrected chi connectivity index (χ0v) is 32.6. The van der Waals surface area contributed by atoms with Gasteiger partial charge in [0.15, 0.2) is 0 Å². The summed E-state index contributed by atoms with van der Waals surface area (Å²) in [4.78, 5) is 5.12. The van der Waals surface area contributed by atoms with E-state index in [4.69, 9.17) is 8.83 Å². The number of furan rings is 2. The quantitative estimate of drug-likeness (QED) is 0.159. The van der Waals surface area contributed by atoms with Gasteiger partial charge in [0.05, 0.1) is 11.4 Å². The number of para-hydroxylation sites is 4. The van der Waals surface area contributed by atoms with E-state index in [1.54, 1.807) is 0 Å². The van der Waals surface area contributed by atoms with Crippen LogP contribution in [0.4, 0.5) is 28.6 Å². The molecule has 12 rings (SSSR count). The van der Waals surface area contributed by atoms with Gasteiger partial charge in [-0.25, -0.2) is 0 Å². The molecule has 2 aromatic heterocycles. The predicted octanol–water partition coefficient (Wildman–Crippen LogP) is 12.3. The summed E-state index contributed by atoms with van der Waals surface area (Å²) >= 11 is 0. The molecule has 0 radical (unpaired) electrons. The average Bonchev–Trinajstić information content (AvgIpc) is 3.75. The van der Waals surface area contributed by atoms with Crippen LogP contribution in [0, 0.1) is 6.92 Å². The molecule has 4 nitrogen and oxygen atoms in total. The number of hydrogen-bond acceptors (Lipinski definition) is 4. The van der Waals surface area contributed by atoms with Gasteiger partial charge in [-0.1, -0.05) is 120 Å². The molecule has 0 N–H and O–H groups in total. The van der Waals surface area contributed by atoms with Crippen molar-refractivity contribution < 1.29 is 8.83 Å². The normalized spacial score (nSPS) is 17.9. The van der Waals surface area contributed by atoms with Crippen molar-refractivity contribution in [2.45, 2.75) is 77.6 Å².